The Hall–Kier alpha value is -4.33. The highest BCUT2D eigenvalue weighted by Gasteiger charge is 2.15. The van der Waals surface area contributed by atoms with Crippen molar-refractivity contribution in [2.75, 3.05) is 11.9 Å². The van der Waals surface area contributed by atoms with Gasteiger partial charge in [-0.3, -0.25) is 19.7 Å². The second kappa shape index (κ2) is 9.65. The van der Waals surface area contributed by atoms with Gasteiger partial charge in [-0.15, -0.1) is 0 Å². The van der Waals surface area contributed by atoms with Gasteiger partial charge in [0.15, 0.2) is 6.61 Å². The number of benzene rings is 3. The molecule has 8 heteroatoms. The molecule has 32 heavy (non-hydrogen) atoms. The average molecular weight is 432 g/mol. The minimum Gasteiger partial charge on any atom is -0.454 e. The van der Waals surface area contributed by atoms with E-state index in [1.165, 1.54) is 36.4 Å². The molecule has 0 spiro atoms. The third-order valence-corrected chi connectivity index (χ3v) is 4.72. The topological polar surface area (TPSA) is 116 Å². The summed E-state index contributed by atoms with van der Waals surface area (Å²) in [6, 6.07) is 16.7. The monoisotopic (exact) mass is 432 g/mol. The number of anilines is 1. The van der Waals surface area contributed by atoms with Gasteiger partial charge in [0, 0.05) is 28.9 Å². The number of carbonyl (C=O) groups is 3. The van der Waals surface area contributed by atoms with Crippen LogP contribution < -0.4 is 5.32 Å². The normalized spacial score (nSPS) is 10.3. The molecule has 0 atom stereocenters. The van der Waals surface area contributed by atoms with E-state index in [2.05, 4.69) is 5.32 Å². The van der Waals surface area contributed by atoms with Crippen molar-refractivity contribution < 1.29 is 24.0 Å². The van der Waals surface area contributed by atoms with Crippen LogP contribution in [-0.4, -0.2) is 29.2 Å². The van der Waals surface area contributed by atoms with Gasteiger partial charge in [-0.25, -0.2) is 4.79 Å². The van der Waals surface area contributed by atoms with Crippen molar-refractivity contribution in [1.29, 1.82) is 0 Å². The van der Waals surface area contributed by atoms with Crippen molar-refractivity contribution in [1.82, 2.24) is 0 Å². The maximum Gasteiger partial charge on any atom is 0.338 e. The maximum absolute atomic E-state index is 12.4. The van der Waals surface area contributed by atoms with Crippen LogP contribution in [0.1, 0.15) is 42.2 Å². The first-order chi connectivity index (χ1) is 15.2. The van der Waals surface area contributed by atoms with Crippen molar-refractivity contribution in [3.05, 3.63) is 105 Å². The summed E-state index contributed by atoms with van der Waals surface area (Å²) >= 11 is 0. The smallest absolute Gasteiger partial charge is 0.338 e. The Morgan fingerprint density at radius 3 is 2.34 bits per heavy atom. The Morgan fingerprint density at radius 1 is 0.938 bits per heavy atom. The lowest BCUT2D eigenvalue weighted by Crippen LogP contribution is -2.16. The first-order valence-electron chi connectivity index (χ1n) is 9.68. The Morgan fingerprint density at radius 2 is 1.66 bits per heavy atom. The number of nitrogens with zero attached hydrogens (tertiary/aromatic N) is 1. The van der Waals surface area contributed by atoms with Crippen molar-refractivity contribution in [3.63, 3.8) is 0 Å². The number of esters is 1. The number of rotatable bonds is 7. The summed E-state index contributed by atoms with van der Waals surface area (Å²) in [4.78, 5) is 47.3. The number of nitro benzene ring substituents is 1. The van der Waals surface area contributed by atoms with Crippen molar-refractivity contribution >= 4 is 29.0 Å². The number of nitrogens with one attached hydrogen (secondary N) is 1. The molecule has 3 aromatic carbocycles. The van der Waals surface area contributed by atoms with Crippen molar-refractivity contribution in [3.8, 4) is 0 Å². The zero-order valence-electron chi connectivity index (χ0n) is 17.5. The summed E-state index contributed by atoms with van der Waals surface area (Å²) in [5.41, 5.74) is 2.84. The van der Waals surface area contributed by atoms with Crippen LogP contribution in [-0.2, 0) is 4.74 Å². The minimum atomic E-state index is -0.699. The third kappa shape index (κ3) is 5.42. The van der Waals surface area contributed by atoms with Crippen molar-refractivity contribution in [2.24, 2.45) is 0 Å². The fourth-order valence-electron chi connectivity index (χ4n) is 2.99. The molecule has 8 nitrogen and oxygen atoms in total. The maximum atomic E-state index is 12.4. The minimum absolute atomic E-state index is 0.123. The van der Waals surface area contributed by atoms with Crippen LogP contribution in [0.25, 0.3) is 0 Å². The van der Waals surface area contributed by atoms with Gasteiger partial charge in [-0.1, -0.05) is 23.8 Å². The molecule has 0 saturated carbocycles. The second-order valence-electron chi connectivity index (χ2n) is 7.16. The first kappa shape index (κ1) is 22.4. The van der Waals surface area contributed by atoms with Gasteiger partial charge in [0.2, 0.25) is 5.78 Å². The molecule has 0 aliphatic heterocycles. The Bertz CT molecular complexity index is 1200. The first-order valence-corrected chi connectivity index (χ1v) is 9.68. The van der Waals surface area contributed by atoms with Gasteiger partial charge in [-0.2, -0.15) is 0 Å². The molecule has 3 rings (SSSR count). The summed E-state index contributed by atoms with van der Waals surface area (Å²) in [6.07, 6.45) is 0. The van der Waals surface area contributed by atoms with Crippen LogP contribution in [0.5, 0.6) is 0 Å². The molecule has 0 heterocycles. The van der Waals surface area contributed by atoms with E-state index < -0.39 is 23.4 Å². The number of nitro groups is 1. The molecule has 0 aliphatic carbocycles. The number of ketones is 1. The van der Waals surface area contributed by atoms with Gasteiger partial charge in [0.25, 0.3) is 11.6 Å². The fraction of sp³-hybridized carbons (Fsp3) is 0.125. The molecule has 1 N–H and O–H groups in total. The molecular formula is C24H20N2O6. The highest BCUT2D eigenvalue weighted by molar-refractivity contribution is 6.05. The number of ether oxygens (including phenoxy) is 1. The highest BCUT2D eigenvalue weighted by atomic mass is 16.6. The Kier molecular flexibility index (Phi) is 6.74. The SMILES string of the molecule is Cc1ccc(C)c(C(=O)COC(=O)c2cccc(NC(=O)c3ccc([N+](=O)[O-])cc3)c2)c1. The van der Waals surface area contributed by atoms with Gasteiger partial charge >= 0.3 is 5.97 Å². The quantitative estimate of drug-likeness (QED) is 0.254. The van der Waals surface area contributed by atoms with Crippen molar-refractivity contribution in [2.45, 2.75) is 13.8 Å². The summed E-state index contributed by atoms with van der Waals surface area (Å²) < 4.78 is 5.15. The predicted molar refractivity (Wildman–Crippen MR) is 118 cm³/mol. The van der Waals surface area contributed by atoms with E-state index in [4.69, 9.17) is 4.74 Å². The number of aryl methyl sites for hydroxylation is 2. The average Bonchev–Trinajstić information content (AvgIpc) is 2.79. The largest absolute Gasteiger partial charge is 0.454 e. The molecule has 0 fully saturated rings. The lowest BCUT2D eigenvalue weighted by Gasteiger charge is -2.09. The lowest BCUT2D eigenvalue weighted by molar-refractivity contribution is -0.384. The fourth-order valence-corrected chi connectivity index (χ4v) is 2.99. The lowest BCUT2D eigenvalue weighted by atomic mass is 10.0. The molecule has 162 valence electrons. The van der Waals surface area contributed by atoms with Gasteiger partial charge in [0.1, 0.15) is 0 Å². The molecule has 3 aromatic rings. The zero-order valence-corrected chi connectivity index (χ0v) is 17.5. The number of non-ortho nitro benzene ring substituents is 1. The predicted octanol–water partition coefficient (Wildman–Crippen LogP) is 4.50. The van der Waals surface area contributed by atoms with Crippen LogP contribution in [0.4, 0.5) is 11.4 Å². The third-order valence-electron chi connectivity index (χ3n) is 4.72. The van der Waals surface area contributed by atoms with Crippen LogP contribution in [0.3, 0.4) is 0 Å². The molecular weight excluding hydrogens is 412 g/mol. The van der Waals surface area contributed by atoms with E-state index in [-0.39, 0.29) is 22.6 Å². The summed E-state index contributed by atoms with van der Waals surface area (Å²) in [7, 11) is 0. The van der Waals surface area contributed by atoms with E-state index in [0.717, 1.165) is 11.1 Å². The second-order valence-corrected chi connectivity index (χ2v) is 7.16. The summed E-state index contributed by atoms with van der Waals surface area (Å²) in [5, 5.41) is 13.3. The van der Waals surface area contributed by atoms with Crippen LogP contribution >= 0.6 is 0 Å². The zero-order chi connectivity index (χ0) is 23.3. The van der Waals surface area contributed by atoms with Gasteiger partial charge < -0.3 is 10.1 Å². The molecule has 0 unspecified atom stereocenters. The van der Waals surface area contributed by atoms with E-state index in [1.807, 2.05) is 26.0 Å². The Balaban J connectivity index is 1.64. The van der Waals surface area contributed by atoms with Gasteiger partial charge in [0.05, 0.1) is 10.5 Å². The summed E-state index contributed by atoms with van der Waals surface area (Å²) in [6.45, 7) is 3.28. The van der Waals surface area contributed by atoms with E-state index in [0.29, 0.717) is 11.3 Å². The molecule has 0 aliphatic rings. The molecule has 1 amide bonds. The van der Waals surface area contributed by atoms with Crippen LogP contribution in [0, 0.1) is 24.0 Å². The summed E-state index contributed by atoms with van der Waals surface area (Å²) in [5.74, 6) is -1.49. The number of Topliss-reactive ketones (excluding diaryl/α,β-unsaturated/α-hetero) is 1. The number of hydrogen-bond donors (Lipinski definition) is 1. The standard InChI is InChI=1S/C24H20N2O6/c1-15-6-7-16(2)21(12-15)22(27)14-32-24(29)18-4-3-5-19(13-18)25-23(28)17-8-10-20(11-9-17)26(30)31/h3-13H,14H2,1-2H3,(H,25,28). The molecule has 0 bridgehead atoms. The van der Waals surface area contributed by atoms with Gasteiger partial charge in [-0.05, 0) is 55.8 Å². The van der Waals surface area contributed by atoms with E-state index >= 15 is 0 Å². The number of hydrogen-bond acceptors (Lipinski definition) is 6. The van der Waals surface area contributed by atoms with E-state index in [1.54, 1.807) is 18.2 Å². The highest BCUT2D eigenvalue weighted by Crippen LogP contribution is 2.17. The molecule has 0 saturated heterocycles. The molecule has 0 radical (unpaired) electrons. The van der Waals surface area contributed by atoms with E-state index in [9.17, 15) is 24.5 Å². The Labute approximate surface area is 184 Å². The number of amides is 1. The number of carbonyl (C=O) groups excluding carboxylic acids is 3. The van der Waals surface area contributed by atoms with Crippen LogP contribution in [0.15, 0.2) is 66.7 Å². The molecule has 0 aromatic heterocycles. The van der Waals surface area contributed by atoms with Crippen LogP contribution in [0.2, 0.25) is 0 Å².